The van der Waals surface area contributed by atoms with Crippen LogP contribution in [-0.2, 0) is 5.66 Å². The normalized spacial score (nSPS) is 13.5. The third-order valence-electron chi connectivity index (χ3n) is 10.5. The Morgan fingerprint density at radius 1 is 0.273 bits per heavy atom. The molecule has 260 valence electrons. The zero-order valence-electron chi connectivity index (χ0n) is 30.1. The van der Waals surface area contributed by atoms with E-state index in [2.05, 4.69) is 228 Å². The zero-order valence-corrected chi connectivity index (χ0v) is 30.1. The first-order valence-electron chi connectivity index (χ1n) is 18.7. The molecule has 0 fully saturated rings. The van der Waals surface area contributed by atoms with Crippen molar-refractivity contribution in [1.29, 1.82) is 0 Å². The van der Waals surface area contributed by atoms with Crippen molar-refractivity contribution in [2.75, 3.05) is 9.80 Å². The largest absolute Gasteiger partial charge is 0.311 e. The number of benzene rings is 8. The van der Waals surface area contributed by atoms with Crippen LogP contribution >= 0.6 is 0 Å². The van der Waals surface area contributed by atoms with Crippen LogP contribution in [0.1, 0.15) is 22.3 Å². The van der Waals surface area contributed by atoms with E-state index < -0.39 is 5.66 Å². The van der Waals surface area contributed by atoms with Crippen LogP contribution < -0.4 is 9.80 Å². The minimum absolute atomic E-state index is 0.875. The Morgan fingerprint density at radius 3 is 0.873 bits per heavy atom. The first-order chi connectivity index (χ1) is 27.3. The van der Waals surface area contributed by atoms with Crippen LogP contribution in [0, 0.1) is 0 Å². The van der Waals surface area contributed by atoms with Gasteiger partial charge in [0.15, 0.2) is 0 Å². The second kappa shape index (κ2) is 13.6. The van der Waals surface area contributed by atoms with Crippen LogP contribution in [0.3, 0.4) is 0 Å². The molecule has 1 aliphatic heterocycles. The van der Waals surface area contributed by atoms with Crippen molar-refractivity contribution in [3.63, 3.8) is 0 Å². The average molecular weight is 705 g/mol. The highest BCUT2D eigenvalue weighted by molar-refractivity contribution is 6.54. The van der Waals surface area contributed by atoms with Gasteiger partial charge in [0.25, 0.3) is 0 Å². The number of rotatable bonds is 8. The van der Waals surface area contributed by atoms with Gasteiger partial charge >= 0.3 is 0 Å². The lowest BCUT2D eigenvalue weighted by Crippen LogP contribution is -2.17. The molecule has 10 rings (SSSR count). The quantitative estimate of drug-likeness (QED) is 0.158. The molecule has 4 heteroatoms. The molecule has 0 unspecified atom stereocenters. The van der Waals surface area contributed by atoms with Gasteiger partial charge in [-0.3, -0.25) is 0 Å². The van der Waals surface area contributed by atoms with Crippen molar-refractivity contribution in [3.05, 3.63) is 241 Å². The molecule has 8 aromatic rings. The van der Waals surface area contributed by atoms with Crippen LogP contribution in [0.25, 0.3) is 11.1 Å². The van der Waals surface area contributed by atoms with Crippen molar-refractivity contribution in [1.82, 2.24) is 0 Å². The predicted octanol–water partition coefficient (Wildman–Crippen LogP) is 12.8. The van der Waals surface area contributed by atoms with Gasteiger partial charge in [-0.25, -0.2) is 9.98 Å². The molecular formula is C51H36N4. The summed E-state index contributed by atoms with van der Waals surface area (Å²) in [7, 11) is 0. The van der Waals surface area contributed by atoms with Crippen LogP contribution in [0.4, 0.5) is 34.1 Å². The maximum Gasteiger partial charge on any atom is 0.204 e. The Morgan fingerprint density at radius 2 is 0.545 bits per heavy atom. The topological polar surface area (TPSA) is 31.2 Å². The van der Waals surface area contributed by atoms with E-state index in [-0.39, 0.29) is 0 Å². The molecule has 55 heavy (non-hydrogen) atoms. The Balaban J connectivity index is 1.10. The van der Waals surface area contributed by atoms with Gasteiger partial charge < -0.3 is 9.80 Å². The standard InChI is InChI=1S/C51H36N4/c1-5-17-39(18-6-1)54(40-19-7-2-8-20-40)43-33-29-37(30-34-43)49-50(53-51(52-49)47-27-15-13-25-45(47)46-26-14-16-28-48(46)51)38-31-35-44(36-32-38)55(41-21-9-3-10-22-41)42-23-11-4-12-24-42/h1-36H. The van der Waals surface area contributed by atoms with Gasteiger partial charge in [-0.15, -0.1) is 0 Å². The van der Waals surface area contributed by atoms with E-state index in [0.717, 1.165) is 67.8 Å². The molecule has 1 heterocycles. The summed E-state index contributed by atoms with van der Waals surface area (Å²) in [4.78, 5) is 15.9. The summed E-state index contributed by atoms with van der Waals surface area (Å²) >= 11 is 0. The van der Waals surface area contributed by atoms with Crippen LogP contribution in [-0.4, -0.2) is 11.4 Å². The molecule has 0 saturated carbocycles. The van der Waals surface area contributed by atoms with E-state index in [1.165, 1.54) is 11.1 Å². The van der Waals surface area contributed by atoms with Gasteiger partial charge in [0.1, 0.15) is 0 Å². The molecule has 1 aliphatic carbocycles. The highest BCUT2D eigenvalue weighted by Crippen LogP contribution is 2.53. The smallest absolute Gasteiger partial charge is 0.204 e. The van der Waals surface area contributed by atoms with Crippen molar-refractivity contribution in [2.24, 2.45) is 9.98 Å². The highest BCUT2D eigenvalue weighted by Gasteiger charge is 2.47. The number of aliphatic imine (C=N–C) groups is 2. The summed E-state index contributed by atoms with van der Waals surface area (Å²) < 4.78 is 0. The molecule has 2 aliphatic rings. The Kier molecular flexibility index (Phi) is 8.00. The number of fused-ring (bicyclic) bond motifs is 5. The summed E-state index contributed by atoms with van der Waals surface area (Å²) in [5, 5.41) is 0. The van der Waals surface area contributed by atoms with Crippen molar-refractivity contribution >= 4 is 45.5 Å². The van der Waals surface area contributed by atoms with E-state index in [4.69, 9.17) is 9.98 Å². The number of anilines is 6. The molecule has 0 saturated heterocycles. The van der Waals surface area contributed by atoms with Crippen molar-refractivity contribution < 1.29 is 0 Å². The van der Waals surface area contributed by atoms with Gasteiger partial charge in [-0.1, -0.05) is 146 Å². The van der Waals surface area contributed by atoms with Crippen molar-refractivity contribution in [2.45, 2.75) is 5.66 Å². The SMILES string of the molecule is c1ccc(N(c2ccccc2)c2ccc(C3=NC4(N=C3c3ccc(N(c5ccccc5)c5ccccc5)cc3)c3ccccc3-c3ccccc34)cc2)cc1. The second-order valence-corrected chi connectivity index (χ2v) is 13.8. The third-order valence-corrected chi connectivity index (χ3v) is 10.5. The van der Waals surface area contributed by atoms with E-state index >= 15 is 0 Å². The molecule has 0 N–H and O–H groups in total. The van der Waals surface area contributed by atoms with Gasteiger partial charge in [0.05, 0.1) is 11.4 Å². The number of hydrogen-bond acceptors (Lipinski definition) is 4. The lowest BCUT2D eigenvalue weighted by molar-refractivity contribution is 0.606. The molecule has 0 atom stereocenters. The Labute approximate surface area is 321 Å². The summed E-state index contributed by atoms with van der Waals surface area (Å²) in [5.41, 5.74) is 14.0. The van der Waals surface area contributed by atoms with Crippen molar-refractivity contribution in [3.8, 4) is 11.1 Å². The number of para-hydroxylation sites is 4. The fraction of sp³-hybridized carbons (Fsp3) is 0.0196. The minimum atomic E-state index is -0.880. The van der Waals surface area contributed by atoms with E-state index in [0.29, 0.717) is 0 Å². The summed E-state index contributed by atoms with van der Waals surface area (Å²) in [6.45, 7) is 0. The summed E-state index contributed by atoms with van der Waals surface area (Å²) in [5.74, 6) is 0. The third kappa shape index (κ3) is 5.63. The van der Waals surface area contributed by atoms with Crippen LogP contribution in [0.5, 0.6) is 0 Å². The van der Waals surface area contributed by atoms with E-state index in [1.54, 1.807) is 0 Å². The lowest BCUT2D eigenvalue weighted by atomic mass is 9.99. The van der Waals surface area contributed by atoms with E-state index in [9.17, 15) is 0 Å². The van der Waals surface area contributed by atoms with Gasteiger partial charge in [0.2, 0.25) is 5.66 Å². The predicted molar refractivity (Wildman–Crippen MR) is 228 cm³/mol. The minimum Gasteiger partial charge on any atom is -0.311 e. The molecule has 0 radical (unpaired) electrons. The molecule has 0 amide bonds. The monoisotopic (exact) mass is 704 g/mol. The maximum absolute atomic E-state index is 5.66. The fourth-order valence-corrected chi connectivity index (χ4v) is 8.03. The fourth-order valence-electron chi connectivity index (χ4n) is 8.03. The summed E-state index contributed by atoms with van der Waals surface area (Å²) in [6.07, 6.45) is 0. The highest BCUT2D eigenvalue weighted by atomic mass is 15.2. The average Bonchev–Trinajstić information content (AvgIpc) is 3.80. The number of hydrogen-bond donors (Lipinski definition) is 0. The molecule has 1 spiro atoms. The lowest BCUT2D eigenvalue weighted by Gasteiger charge is -2.25. The van der Waals surface area contributed by atoms with Crippen LogP contribution in [0.2, 0.25) is 0 Å². The molecule has 0 bridgehead atoms. The van der Waals surface area contributed by atoms with Crippen LogP contribution in [0.15, 0.2) is 228 Å². The molecule has 8 aromatic carbocycles. The van der Waals surface area contributed by atoms with E-state index in [1.807, 2.05) is 0 Å². The molecule has 0 aromatic heterocycles. The Hall–Kier alpha value is -7.30. The molecule has 4 nitrogen and oxygen atoms in total. The zero-order chi connectivity index (χ0) is 36.6. The maximum atomic E-state index is 5.66. The first-order valence-corrected chi connectivity index (χ1v) is 18.7. The number of nitrogens with zero attached hydrogens (tertiary/aromatic N) is 4. The summed E-state index contributed by atoms with van der Waals surface area (Å²) in [6, 6.07) is 76.7. The van der Waals surface area contributed by atoms with Gasteiger partial charge in [-0.05, 0) is 83.9 Å². The Bertz CT molecular complexity index is 2400. The second-order valence-electron chi connectivity index (χ2n) is 13.8. The van der Waals surface area contributed by atoms with Gasteiger partial charge in [-0.2, -0.15) is 0 Å². The first kappa shape index (κ1) is 32.4. The van der Waals surface area contributed by atoms with Gasteiger partial charge in [0, 0.05) is 56.4 Å². The molecular weight excluding hydrogens is 669 g/mol.